The Balaban J connectivity index is 2.34. The minimum atomic E-state index is -1.29. The van der Waals surface area contributed by atoms with E-state index in [2.05, 4.69) is 0 Å². The Kier molecular flexibility index (Phi) is 3.55. The number of hydrogen-bond donors (Lipinski definition) is 0. The van der Waals surface area contributed by atoms with Crippen molar-refractivity contribution in [3.05, 3.63) is 23.3 Å². The van der Waals surface area contributed by atoms with E-state index in [-0.39, 0.29) is 12.2 Å². The van der Waals surface area contributed by atoms with Crippen LogP contribution in [0.25, 0.3) is 0 Å². The molecule has 0 bridgehead atoms. The van der Waals surface area contributed by atoms with Crippen LogP contribution in [-0.4, -0.2) is 31.9 Å². The number of fused-ring (bicyclic) bond motifs is 1. The van der Waals surface area contributed by atoms with Crippen molar-refractivity contribution in [3.63, 3.8) is 0 Å². The lowest BCUT2D eigenvalue weighted by molar-refractivity contribution is -0.169. The summed E-state index contributed by atoms with van der Waals surface area (Å²) >= 11 is 0. The Morgan fingerprint density at radius 1 is 1.16 bits per heavy atom. The minimum absolute atomic E-state index is 0.0740. The molecule has 0 aromatic heterocycles. The molecule has 0 N–H and O–H groups in total. The van der Waals surface area contributed by atoms with Crippen molar-refractivity contribution >= 4 is 17.7 Å². The van der Waals surface area contributed by atoms with Gasteiger partial charge in [0.2, 0.25) is 0 Å². The van der Waals surface area contributed by atoms with Crippen LogP contribution < -0.4 is 0 Å². The molecule has 0 saturated carbocycles. The maximum Gasteiger partial charge on any atom is 0.323 e. The highest BCUT2D eigenvalue weighted by molar-refractivity contribution is 6.01. The molecule has 0 fully saturated rings. The van der Waals surface area contributed by atoms with E-state index >= 15 is 0 Å². The van der Waals surface area contributed by atoms with Crippen molar-refractivity contribution < 1.29 is 23.9 Å². The molecule has 2 aliphatic carbocycles. The van der Waals surface area contributed by atoms with Crippen LogP contribution in [0.5, 0.6) is 0 Å². The monoisotopic (exact) mass is 264 g/mol. The number of hydrogen-bond acceptors (Lipinski definition) is 5. The predicted octanol–water partition coefficient (Wildman–Crippen LogP) is 1.33. The van der Waals surface area contributed by atoms with Crippen LogP contribution in [0, 0.1) is 5.41 Å². The molecule has 2 rings (SSSR count). The largest absolute Gasteiger partial charge is 0.468 e. The number of carbonyl (C=O) groups is 3. The topological polar surface area (TPSA) is 69.7 Å². The zero-order chi connectivity index (χ0) is 14.0. The Morgan fingerprint density at radius 2 is 1.79 bits per heavy atom. The van der Waals surface area contributed by atoms with Gasteiger partial charge in [0.1, 0.15) is 0 Å². The van der Waals surface area contributed by atoms with E-state index in [1.54, 1.807) is 12.2 Å². The normalized spacial score (nSPS) is 20.8. The SMILES string of the molecule is COC(=O)C1(C(=O)OC)CC=C2CC(=O)C=C2CC1. The number of methoxy groups -OCH3 is 2. The number of ketones is 1. The van der Waals surface area contributed by atoms with Gasteiger partial charge in [0, 0.05) is 6.42 Å². The van der Waals surface area contributed by atoms with Gasteiger partial charge in [-0.2, -0.15) is 0 Å². The Morgan fingerprint density at radius 3 is 2.37 bits per heavy atom. The fourth-order valence-corrected chi connectivity index (χ4v) is 2.67. The number of esters is 2. The van der Waals surface area contributed by atoms with Gasteiger partial charge in [-0.25, -0.2) is 0 Å². The van der Waals surface area contributed by atoms with Crippen molar-refractivity contribution in [1.82, 2.24) is 0 Å². The zero-order valence-electron chi connectivity index (χ0n) is 11.0. The summed E-state index contributed by atoms with van der Waals surface area (Å²) in [5, 5.41) is 0. The molecular formula is C14H16O5. The molecule has 0 unspecified atom stereocenters. The number of carbonyl (C=O) groups excluding carboxylic acids is 3. The molecule has 2 aliphatic rings. The quantitative estimate of drug-likeness (QED) is 0.556. The van der Waals surface area contributed by atoms with Gasteiger partial charge in [-0.1, -0.05) is 6.08 Å². The molecule has 5 nitrogen and oxygen atoms in total. The summed E-state index contributed by atoms with van der Waals surface area (Å²) in [5.41, 5.74) is 0.546. The third-order valence-electron chi connectivity index (χ3n) is 3.78. The van der Waals surface area contributed by atoms with Crippen molar-refractivity contribution in [1.29, 1.82) is 0 Å². The third kappa shape index (κ3) is 2.20. The highest BCUT2D eigenvalue weighted by Gasteiger charge is 2.48. The lowest BCUT2D eigenvalue weighted by Crippen LogP contribution is -2.40. The number of allylic oxidation sites excluding steroid dienone is 4. The summed E-state index contributed by atoms with van der Waals surface area (Å²) in [6.45, 7) is 0. The summed E-state index contributed by atoms with van der Waals surface area (Å²) < 4.78 is 9.52. The fourth-order valence-electron chi connectivity index (χ4n) is 2.67. The first kappa shape index (κ1) is 13.5. The lowest BCUT2D eigenvalue weighted by atomic mass is 9.80. The van der Waals surface area contributed by atoms with Crippen LogP contribution in [0.4, 0.5) is 0 Å². The molecule has 0 heterocycles. The first-order valence-electron chi connectivity index (χ1n) is 6.13. The van der Waals surface area contributed by atoms with E-state index in [4.69, 9.17) is 9.47 Å². The molecule has 0 saturated heterocycles. The second-order valence-electron chi connectivity index (χ2n) is 4.81. The van der Waals surface area contributed by atoms with E-state index in [9.17, 15) is 14.4 Å². The molecule has 102 valence electrons. The summed E-state index contributed by atoms with van der Waals surface area (Å²) in [5.74, 6) is -1.09. The summed E-state index contributed by atoms with van der Waals surface area (Å²) in [6, 6.07) is 0. The molecule has 0 aromatic carbocycles. The van der Waals surface area contributed by atoms with Crippen LogP contribution in [0.1, 0.15) is 25.7 Å². The summed E-state index contributed by atoms with van der Waals surface area (Å²) in [6.07, 6.45) is 4.75. The van der Waals surface area contributed by atoms with E-state index in [0.29, 0.717) is 19.3 Å². The first-order valence-corrected chi connectivity index (χ1v) is 6.13. The van der Waals surface area contributed by atoms with E-state index < -0.39 is 17.4 Å². The van der Waals surface area contributed by atoms with E-state index in [1.807, 2.05) is 0 Å². The maximum atomic E-state index is 12.0. The molecule has 0 atom stereocenters. The lowest BCUT2D eigenvalue weighted by Gasteiger charge is -2.25. The van der Waals surface area contributed by atoms with Gasteiger partial charge >= 0.3 is 11.9 Å². The summed E-state index contributed by atoms with van der Waals surface area (Å²) in [7, 11) is 2.52. The third-order valence-corrected chi connectivity index (χ3v) is 3.78. The van der Waals surface area contributed by atoms with Crippen LogP contribution >= 0.6 is 0 Å². The van der Waals surface area contributed by atoms with Gasteiger partial charge in [-0.15, -0.1) is 0 Å². The average molecular weight is 264 g/mol. The second kappa shape index (κ2) is 4.99. The van der Waals surface area contributed by atoms with Crippen LogP contribution in [-0.2, 0) is 23.9 Å². The Labute approximate surface area is 111 Å². The molecule has 0 spiro atoms. The van der Waals surface area contributed by atoms with Crippen LogP contribution in [0.15, 0.2) is 23.3 Å². The molecule has 0 radical (unpaired) electrons. The predicted molar refractivity (Wildman–Crippen MR) is 66.1 cm³/mol. The van der Waals surface area contributed by atoms with Gasteiger partial charge in [-0.3, -0.25) is 14.4 Å². The number of rotatable bonds is 2. The maximum absolute atomic E-state index is 12.0. The van der Waals surface area contributed by atoms with Crippen LogP contribution in [0.2, 0.25) is 0 Å². The average Bonchev–Trinajstić information content (AvgIpc) is 2.68. The molecule has 19 heavy (non-hydrogen) atoms. The first-order chi connectivity index (χ1) is 9.03. The fraction of sp³-hybridized carbons (Fsp3) is 0.500. The van der Waals surface area contributed by atoms with Gasteiger partial charge in [0.15, 0.2) is 11.2 Å². The zero-order valence-corrected chi connectivity index (χ0v) is 11.0. The van der Waals surface area contributed by atoms with Crippen LogP contribution in [0.3, 0.4) is 0 Å². The molecule has 0 amide bonds. The Hall–Kier alpha value is -1.91. The van der Waals surface area contributed by atoms with E-state index in [1.165, 1.54) is 14.2 Å². The second-order valence-corrected chi connectivity index (χ2v) is 4.81. The van der Waals surface area contributed by atoms with Gasteiger partial charge in [0.25, 0.3) is 0 Å². The number of ether oxygens (including phenoxy) is 2. The highest BCUT2D eigenvalue weighted by Crippen LogP contribution is 2.41. The molecular weight excluding hydrogens is 248 g/mol. The van der Waals surface area contributed by atoms with E-state index in [0.717, 1.165) is 11.1 Å². The van der Waals surface area contributed by atoms with Crippen molar-refractivity contribution in [2.24, 2.45) is 5.41 Å². The molecule has 5 heteroatoms. The Bertz CT molecular complexity index is 482. The van der Waals surface area contributed by atoms with Crippen molar-refractivity contribution in [3.8, 4) is 0 Å². The molecule has 0 aromatic rings. The molecule has 0 aliphatic heterocycles. The van der Waals surface area contributed by atoms with Crippen molar-refractivity contribution in [2.45, 2.75) is 25.7 Å². The van der Waals surface area contributed by atoms with Crippen molar-refractivity contribution in [2.75, 3.05) is 14.2 Å². The smallest absolute Gasteiger partial charge is 0.323 e. The highest BCUT2D eigenvalue weighted by atomic mass is 16.5. The van der Waals surface area contributed by atoms with Gasteiger partial charge in [0.05, 0.1) is 14.2 Å². The van der Waals surface area contributed by atoms with Gasteiger partial charge < -0.3 is 9.47 Å². The minimum Gasteiger partial charge on any atom is -0.468 e. The standard InChI is InChI=1S/C14H16O5/c1-18-12(16)14(13(17)19-2)5-3-9-7-11(15)8-10(9)4-6-14/h3,8H,4-7H2,1-2H3. The van der Waals surface area contributed by atoms with Gasteiger partial charge in [-0.05, 0) is 36.5 Å². The summed E-state index contributed by atoms with van der Waals surface area (Å²) in [4.78, 5) is 35.3.